The Hall–Kier alpha value is -1.71. The molecule has 0 fully saturated rings. The van der Waals surface area contributed by atoms with Gasteiger partial charge < -0.3 is 5.11 Å². The van der Waals surface area contributed by atoms with Crippen molar-refractivity contribution in [1.82, 2.24) is 10.2 Å². The Morgan fingerprint density at radius 3 is 2.71 bits per heavy atom. The topological polar surface area (TPSA) is 109 Å². The molecular weight excluding hydrogens is 338 g/mol. The molecule has 0 unspecified atom stereocenters. The van der Waals surface area contributed by atoms with Crippen molar-refractivity contribution in [3.63, 3.8) is 0 Å². The van der Waals surface area contributed by atoms with Crippen LogP contribution in [0.15, 0.2) is 23.1 Å². The molecule has 1 aromatic carbocycles. The number of nitrogens with zero attached hydrogens (tertiary/aromatic N) is 2. The van der Waals surface area contributed by atoms with E-state index in [9.17, 15) is 13.2 Å². The van der Waals surface area contributed by atoms with E-state index in [1.807, 2.05) is 6.92 Å². The zero-order chi connectivity index (χ0) is 15.6. The van der Waals surface area contributed by atoms with E-state index < -0.39 is 16.0 Å². The molecule has 1 aromatic heterocycles. The van der Waals surface area contributed by atoms with E-state index in [0.29, 0.717) is 11.4 Å². The third-order valence-electron chi connectivity index (χ3n) is 2.46. The molecule has 0 amide bonds. The molecule has 2 aromatic rings. The number of hydrogen-bond donors (Lipinski definition) is 2. The van der Waals surface area contributed by atoms with Gasteiger partial charge in [-0.1, -0.05) is 29.9 Å². The number of aromatic carboxylic acids is 1. The minimum Gasteiger partial charge on any atom is -0.478 e. The number of anilines is 1. The van der Waals surface area contributed by atoms with Crippen molar-refractivity contribution in [3.05, 3.63) is 33.8 Å². The van der Waals surface area contributed by atoms with Crippen LogP contribution in [-0.4, -0.2) is 29.7 Å². The highest BCUT2D eigenvalue weighted by Gasteiger charge is 2.21. The number of nitrogens with one attached hydrogen (secondary N) is 1. The Balaban J connectivity index is 2.39. The van der Waals surface area contributed by atoms with Crippen molar-refractivity contribution < 1.29 is 18.3 Å². The average Bonchev–Trinajstić information content (AvgIpc) is 2.85. The molecule has 0 bridgehead atoms. The van der Waals surface area contributed by atoms with Gasteiger partial charge in [0.1, 0.15) is 9.90 Å². The van der Waals surface area contributed by atoms with E-state index >= 15 is 0 Å². The fourth-order valence-corrected chi connectivity index (χ4v) is 3.89. The fourth-order valence-electron chi connectivity index (χ4n) is 1.45. The Morgan fingerprint density at radius 2 is 2.14 bits per heavy atom. The number of carbonyl (C=O) groups is 1. The largest absolute Gasteiger partial charge is 0.478 e. The van der Waals surface area contributed by atoms with E-state index in [1.54, 1.807) is 0 Å². The summed E-state index contributed by atoms with van der Waals surface area (Å²) in [5.41, 5.74) is -0.175. The number of sulfonamides is 1. The molecule has 0 radical (unpaired) electrons. The summed E-state index contributed by atoms with van der Waals surface area (Å²) in [6.45, 7) is 1.87. The number of aryl methyl sites for hydroxylation is 1. The first-order chi connectivity index (χ1) is 9.83. The number of carboxylic acid groups (broad SMARTS) is 1. The molecule has 0 atom stereocenters. The second kappa shape index (κ2) is 5.96. The Labute approximate surface area is 129 Å². The zero-order valence-electron chi connectivity index (χ0n) is 10.7. The van der Waals surface area contributed by atoms with Crippen LogP contribution in [0.2, 0.25) is 5.02 Å². The van der Waals surface area contributed by atoms with Gasteiger partial charge in [0.2, 0.25) is 5.13 Å². The first-order valence-electron chi connectivity index (χ1n) is 5.71. The lowest BCUT2D eigenvalue weighted by molar-refractivity contribution is 0.0696. The highest BCUT2D eigenvalue weighted by molar-refractivity contribution is 7.93. The molecule has 1 heterocycles. The molecule has 112 valence electrons. The van der Waals surface area contributed by atoms with Crippen molar-refractivity contribution in [2.24, 2.45) is 0 Å². The Morgan fingerprint density at radius 1 is 1.43 bits per heavy atom. The van der Waals surface area contributed by atoms with E-state index in [0.717, 1.165) is 17.4 Å². The predicted octanol–water partition coefficient (Wildman–Crippen LogP) is 2.25. The maximum Gasteiger partial charge on any atom is 0.335 e. The van der Waals surface area contributed by atoms with Gasteiger partial charge in [-0.3, -0.25) is 4.72 Å². The van der Waals surface area contributed by atoms with Crippen LogP contribution in [-0.2, 0) is 16.4 Å². The molecule has 2 rings (SSSR count). The van der Waals surface area contributed by atoms with Gasteiger partial charge in [0.15, 0.2) is 0 Å². The highest BCUT2D eigenvalue weighted by Crippen LogP contribution is 2.26. The van der Waals surface area contributed by atoms with Crippen LogP contribution in [0, 0.1) is 0 Å². The van der Waals surface area contributed by atoms with Crippen LogP contribution in [0.1, 0.15) is 22.3 Å². The van der Waals surface area contributed by atoms with Gasteiger partial charge in [0.25, 0.3) is 10.0 Å². The minimum atomic E-state index is -4.03. The van der Waals surface area contributed by atoms with Crippen molar-refractivity contribution in [1.29, 1.82) is 0 Å². The summed E-state index contributed by atoms with van der Waals surface area (Å²) in [5, 5.41) is 17.1. The van der Waals surface area contributed by atoms with Crippen molar-refractivity contribution in [2.45, 2.75) is 18.2 Å². The van der Waals surface area contributed by atoms with Crippen LogP contribution in [0.5, 0.6) is 0 Å². The molecule has 0 aliphatic carbocycles. The van der Waals surface area contributed by atoms with Crippen molar-refractivity contribution in [3.8, 4) is 0 Å². The minimum absolute atomic E-state index is 0.0762. The van der Waals surface area contributed by atoms with Gasteiger partial charge in [0.05, 0.1) is 10.6 Å². The summed E-state index contributed by atoms with van der Waals surface area (Å²) >= 11 is 6.94. The molecular formula is C11H10ClN3O4S2. The second-order valence-corrected chi connectivity index (χ2v) is 7.03. The van der Waals surface area contributed by atoms with Gasteiger partial charge in [-0.15, -0.1) is 10.2 Å². The quantitative estimate of drug-likeness (QED) is 0.858. The maximum atomic E-state index is 12.2. The average molecular weight is 348 g/mol. The lowest BCUT2D eigenvalue weighted by Gasteiger charge is -2.07. The number of benzene rings is 1. The normalized spacial score (nSPS) is 11.3. The molecule has 0 aliphatic rings. The van der Waals surface area contributed by atoms with Crippen LogP contribution in [0.25, 0.3) is 0 Å². The maximum absolute atomic E-state index is 12.2. The summed E-state index contributed by atoms with van der Waals surface area (Å²) in [5.74, 6) is -1.24. The van der Waals surface area contributed by atoms with E-state index in [4.69, 9.17) is 16.7 Å². The van der Waals surface area contributed by atoms with Crippen LogP contribution in [0.4, 0.5) is 5.13 Å². The molecule has 0 spiro atoms. The van der Waals surface area contributed by atoms with E-state index in [1.165, 1.54) is 12.1 Å². The van der Waals surface area contributed by atoms with E-state index in [2.05, 4.69) is 14.9 Å². The number of halogens is 1. The molecule has 7 nitrogen and oxygen atoms in total. The number of hydrogen-bond acceptors (Lipinski definition) is 6. The summed E-state index contributed by atoms with van der Waals surface area (Å²) < 4.78 is 26.7. The van der Waals surface area contributed by atoms with Gasteiger partial charge in [-0.25, -0.2) is 13.2 Å². The fraction of sp³-hybridized carbons (Fsp3) is 0.182. The van der Waals surface area contributed by atoms with Crippen LogP contribution in [0.3, 0.4) is 0 Å². The molecule has 10 heteroatoms. The first kappa shape index (κ1) is 15.7. The smallest absolute Gasteiger partial charge is 0.335 e. The van der Waals surface area contributed by atoms with Crippen molar-refractivity contribution >= 4 is 44.1 Å². The van der Waals surface area contributed by atoms with Gasteiger partial charge in [0, 0.05) is 0 Å². The van der Waals surface area contributed by atoms with Crippen molar-refractivity contribution in [2.75, 3.05) is 4.72 Å². The second-order valence-electron chi connectivity index (χ2n) is 3.91. The summed E-state index contributed by atoms with van der Waals surface area (Å²) in [7, 11) is -4.03. The SMILES string of the molecule is CCc1nnc(NS(=O)(=O)c2cc(C(=O)O)ccc2Cl)s1. The lowest BCUT2D eigenvalue weighted by atomic mass is 10.2. The van der Waals surface area contributed by atoms with E-state index in [-0.39, 0.29) is 20.6 Å². The third kappa shape index (κ3) is 3.49. The van der Waals surface area contributed by atoms with Gasteiger partial charge in [-0.05, 0) is 24.6 Å². The number of carboxylic acids is 1. The molecule has 0 aliphatic heterocycles. The standard InChI is InChI=1S/C11H10ClN3O4S2/c1-2-9-13-14-11(20-9)15-21(18,19)8-5-6(10(16)17)3-4-7(8)12/h3-5H,2H2,1H3,(H,14,15)(H,16,17). The Kier molecular flexibility index (Phi) is 4.45. The highest BCUT2D eigenvalue weighted by atomic mass is 35.5. The molecule has 21 heavy (non-hydrogen) atoms. The summed E-state index contributed by atoms with van der Waals surface area (Å²) in [4.78, 5) is 10.6. The molecule has 2 N–H and O–H groups in total. The summed E-state index contributed by atoms with van der Waals surface area (Å²) in [6, 6.07) is 3.44. The monoisotopic (exact) mass is 347 g/mol. The first-order valence-corrected chi connectivity index (χ1v) is 8.39. The van der Waals surface area contributed by atoms with Gasteiger partial charge >= 0.3 is 5.97 Å². The van der Waals surface area contributed by atoms with Crippen LogP contribution >= 0.6 is 22.9 Å². The Bertz CT molecular complexity index is 789. The third-order valence-corrected chi connectivity index (χ3v) is 5.39. The summed E-state index contributed by atoms with van der Waals surface area (Å²) in [6.07, 6.45) is 0.634. The number of rotatable bonds is 5. The molecule has 0 saturated carbocycles. The van der Waals surface area contributed by atoms with Crippen LogP contribution < -0.4 is 4.72 Å². The predicted molar refractivity (Wildman–Crippen MR) is 78.5 cm³/mol. The number of aromatic nitrogens is 2. The zero-order valence-corrected chi connectivity index (χ0v) is 13.1. The molecule has 0 saturated heterocycles. The van der Waals surface area contributed by atoms with Gasteiger partial charge in [-0.2, -0.15) is 0 Å². The lowest BCUT2D eigenvalue weighted by Crippen LogP contribution is -2.14.